The molecule has 0 spiro atoms. The Balaban J connectivity index is 1.80. The molecule has 2 unspecified atom stereocenters. The van der Waals surface area contributed by atoms with Crippen LogP contribution in [0.5, 0.6) is 0 Å². The number of amides is 2. The third-order valence-electron chi connectivity index (χ3n) is 5.43. The van der Waals surface area contributed by atoms with Crippen molar-refractivity contribution in [1.29, 1.82) is 0 Å². The van der Waals surface area contributed by atoms with Gasteiger partial charge >= 0.3 is 12.2 Å². The molecule has 11 heteroatoms. The average Bonchev–Trinajstić information content (AvgIpc) is 2.68. The molecule has 0 aromatic heterocycles. The molecule has 7 nitrogen and oxygen atoms in total. The number of nitrogens with two attached hydrogens (primary N) is 1. The molecule has 2 aliphatic rings. The van der Waals surface area contributed by atoms with Gasteiger partial charge in [0.25, 0.3) is 6.02 Å². The number of carbonyl (C=O) groups is 1. The Labute approximate surface area is 171 Å². The van der Waals surface area contributed by atoms with E-state index in [-0.39, 0.29) is 23.4 Å². The van der Waals surface area contributed by atoms with Crippen LogP contribution in [0.15, 0.2) is 23.2 Å². The fourth-order valence-corrected chi connectivity index (χ4v) is 3.73. The zero-order valence-corrected chi connectivity index (χ0v) is 16.6. The maximum absolute atomic E-state index is 14.6. The van der Waals surface area contributed by atoms with Crippen molar-refractivity contribution in [3.63, 3.8) is 0 Å². The summed E-state index contributed by atoms with van der Waals surface area (Å²) in [5.74, 6) is -0.754. The van der Waals surface area contributed by atoms with Gasteiger partial charge in [0, 0.05) is 37.9 Å². The predicted molar refractivity (Wildman–Crippen MR) is 102 cm³/mol. The molecular weight excluding hydrogens is 408 g/mol. The highest BCUT2D eigenvalue weighted by molar-refractivity contribution is 5.89. The zero-order valence-electron chi connectivity index (χ0n) is 16.6. The van der Waals surface area contributed by atoms with Gasteiger partial charge in [-0.25, -0.2) is 14.2 Å². The number of ether oxygens (including phenoxy) is 2. The standard InChI is InChI=1S/C19H24F4N4O3/c1-18(10-15(19(21,22)23)30-16(24)26-18)13-9-11(3-4-14(13)20)25-17(28)27-7-5-12(29-2)6-8-27/h3-4,9,12,15H,5-8,10H2,1-2H3,(H2,24,26)(H,25,28). The van der Waals surface area contributed by atoms with Gasteiger partial charge in [-0.05, 0) is 38.0 Å². The first-order chi connectivity index (χ1) is 14.0. The molecule has 2 amide bonds. The lowest BCUT2D eigenvalue weighted by molar-refractivity contribution is -0.208. The first-order valence-electron chi connectivity index (χ1n) is 9.49. The number of rotatable bonds is 3. The monoisotopic (exact) mass is 432 g/mol. The van der Waals surface area contributed by atoms with Crippen molar-refractivity contribution in [3.05, 3.63) is 29.6 Å². The molecule has 1 aromatic carbocycles. The van der Waals surface area contributed by atoms with Crippen molar-refractivity contribution in [1.82, 2.24) is 4.90 Å². The number of amidine groups is 1. The SMILES string of the molecule is COC1CCN(C(=O)Nc2ccc(F)c(C3(C)CC(C(F)(F)F)OC(N)=N3)c2)CC1. The summed E-state index contributed by atoms with van der Waals surface area (Å²) >= 11 is 0. The largest absolute Gasteiger partial charge is 0.452 e. The van der Waals surface area contributed by atoms with Crippen LogP contribution >= 0.6 is 0 Å². The van der Waals surface area contributed by atoms with Crippen molar-refractivity contribution < 1.29 is 31.8 Å². The maximum Gasteiger partial charge on any atom is 0.425 e. The lowest BCUT2D eigenvalue weighted by Gasteiger charge is -2.36. The highest BCUT2D eigenvalue weighted by Crippen LogP contribution is 2.41. The second kappa shape index (κ2) is 8.29. The number of aliphatic imine (C=N–C) groups is 1. The number of carbonyl (C=O) groups excluding carboxylic acids is 1. The van der Waals surface area contributed by atoms with E-state index in [9.17, 15) is 22.4 Å². The van der Waals surface area contributed by atoms with E-state index < -0.39 is 36.1 Å². The highest BCUT2D eigenvalue weighted by Gasteiger charge is 2.50. The topological polar surface area (TPSA) is 89.2 Å². The van der Waals surface area contributed by atoms with E-state index in [0.717, 1.165) is 6.07 Å². The number of nitrogens with zero attached hydrogens (tertiary/aromatic N) is 2. The Bertz CT molecular complexity index is 824. The third kappa shape index (κ3) is 4.77. The number of piperidine rings is 1. The molecule has 0 radical (unpaired) electrons. The summed E-state index contributed by atoms with van der Waals surface area (Å²) in [5, 5.41) is 2.67. The van der Waals surface area contributed by atoms with Crippen molar-refractivity contribution in [2.24, 2.45) is 10.7 Å². The normalized spacial score (nSPS) is 25.5. The number of benzene rings is 1. The minimum atomic E-state index is -4.68. The number of urea groups is 1. The first kappa shape index (κ1) is 22.1. The third-order valence-corrected chi connectivity index (χ3v) is 5.43. The zero-order chi connectivity index (χ0) is 22.1. The molecule has 1 aromatic rings. The minimum Gasteiger partial charge on any atom is -0.452 e. The molecule has 30 heavy (non-hydrogen) atoms. The van der Waals surface area contributed by atoms with Gasteiger partial charge in [-0.1, -0.05) is 0 Å². The van der Waals surface area contributed by atoms with Crippen LogP contribution in [-0.2, 0) is 15.0 Å². The van der Waals surface area contributed by atoms with E-state index in [0.29, 0.717) is 25.9 Å². The number of hydrogen-bond donors (Lipinski definition) is 2. The highest BCUT2D eigenvalue weighted by atomic mass is 19.4. The summed E-state index contributed by atoms with van der Waals surface area (Å²) in [5.41, 5.74) is 3.97. The summed E-state index contributed by atoms with van der Waals surface area (Å²) in [4.78, 5) is 18.0. The number of anilines is 1. The fourth-order valence-electron chi connectivity index (χ4n) is 3.73. The van der Waals surface area contributed by atoms with Crippen LogP contribution in [0.4, 0.5) is 28.0 Å². The summed E-state index contributed by atoms with van der Waals surface area (Å²) in [7, 11) is 1.62. The van der Waals surface area contributed by atoms with E-state index in [1.165, 1.54) is 19.1 Å². The summed E-state index contributed by atoms with van der Waals surface area (Å²) in [6.07, 6.45) is -6.04. The molecular formula is C19H24F4N4O3. The molecule has 2 aliphatic heterocycles. The molecule has 166 valence electrons. The Morgan fingerprint density at radius 2 is 2.03 bits per heavy atom. The molecule has 1 fully saturated rings. The van der Waals surface area contributed by atoms with Gasteiger partial charge in [-0.3, -0.25) is 0 Å². The van der Waals surface area contributed by atoms with E-state index >= 15 is 0 Å². The van der Waals surface area contributed by atoms with E-state index in [2.05, 4.69) is 15.0 Å². The number of alkyl halides is 3. The van der Waals surface area contributed by atoms with Crippen molar-refractivity contribution in [2.75, 3.05) is 25.5 Å². The predicted octanol–water partition coefficient (Wildman–Crippen LogP) is 3.35. The van der Waals surface area contributed by atoms with Gasteiger partial charge in [-0.15, -0.1) is 0 Å². The van der Waals surface area contributed by atoms with Crippen molar-refractivity contribution in [3.8, 4) is 0 Å². The van der Waals surface area contributed by atoms with Crippen molar-refractivity contribution >= 4 is 17.7 Å². The van der Waals surface area contributed by atoms with E-state index in [4.69, 9.17) is 10.5 Å². The second-order valence-corrected chi connectivity index (χ2v) is 7.62. The van der Waals surface area contributed by atoms with Crippen LogP contribution in [-0.4, -0.2) is 55.5 Å². The first-order valence-corrected chi connectivity index (χ1v) is 9.49. The summed E-state index contributed by atoms with van der Waals surface area (Å²) in [6, 6.07) is 2.66. The Kier molecular flexibility index (Phi) is 6.11. The van der Waals surface area contributed by atoms with Gasteiger partial charge in [0.2, 0.25) is 0 Å². The quantitative estimate of drug-likeness (QED) is 0.717. The van der Waals surface area contributed by atoms with Crippen molar-refractivity contribution in [2.45, 2.75) is 50.1 Å². The fraction of sp³-hybridized carbons (Fsp3) is 0.579. The van der Waals surface area contributed by atoms with Gasteiger partial charge in [0.05, 0.1) is 11.6 Å². The Hall–Kier alpha value is -2.56. The molecule has 3 N–H and O–H groups in total. The molecule has 0 bridgehead atoms. The average molecular weight is 432 g/mol. The molecule has 3 rings (SSSR count). The van der Waals surface area contributed by atoms with Gasteiger partial charge in [-0.2, -0.15) is 13.2 Å². The summed E-state index contributed by atoms with van der Waals surface area (Å²) < 4.78 is 64.0. The number of halogens is 4. The van der Waals surface area contributed by atoms with E-state index in [1.54, 1.807) is 12.0 Å². The minimum absolute atomic E-state index is 0.102. The molecule has 2 atom stereocenters. The number of nitrogens with one attached hydrogen (secondary N) is 1. The van der Waals surface area contributed by atoms with Crippen LogP contribution in [0.1, 0.15) is 31.7 Å². The lowest BCUT2D eigenvalue weighted by Crippen LogP contribution is -2.46. The smallest absolute Gasteiger partial charge is 0.425 e. The maximum atomic E-state index is 14.6. The van der Waals surface area contributed by atoms with Crippen LogP contribution < -0.4 is 11.1 Å². The van der Waals surface area contributed by atoms with Crippen LogP contribution in [0.25, 0.3) is 0 Å². The van der Waals surface area contributed by atoms with E-state index in [1.807, 2.05) is 0 Å². The van der Waals surface area contributed by atoms with Crippen LogP contribution in [0.2, 0.25) is 0 Å². The van der Waals surface area contributed by atoms with Gasteiger partial charge < -0.3 is 25.4 Å². The lowest BCUT2D eigenvalue weighted by atomic mass is 9.85. The van der Waals surface area contributed by atoms with Crippen LogP contribution in [0, 0.1) is 5.82 Å². The van der Waals surface area contributed by atoms with Gasteiger partial charge in [0.15, 0.2) is 6.10 Å². The van der Waals surface area contributed by atoms with Gasteiger partial charge in [0.1, 0.15) is 5.82 Å². The molecule has 2 heterocycles. The Morgan fingerprint density at radius 1 is 1.37 bits per heavy atom. The second-order valence-electron chi connectivity index (χ2n) is 7.62. The number of methoxy groups -OCH3 is 1. The molecule has 0 aliphatic carbocycles. The summed E-state index contributed by atoms with van der Waals surface area (Å²) in [6.45, 7) is 2.35. The Morgan fingerprint density at radius 3 is 2.63 bits per heavy atom. The van der Waals surface area contributed by atoms with Crippen LogP contribution in [0.3, 0.4) is 0 Å². The number of hydrogen-bond acceptors (Lipinski definition) is 5. The number of likely N-dealkylation sites (tertiary alicyclic amines) is 1. The molecule has 1 saturated heterocycles. The molecule has 0 saturated carbocycles.